The van der Waals surface area contributed by atoms with E-state index in [0.717, 1.165) is 21.1 Å². The molecule has 1 aromatic heterocycles. The molecule has 0 saturated heterocycles. The van der Waals surface area contributed by atoms with Crippen molar-refractivity contribution in [2.24, 2.45) is 0 Å². The van der Waals surface area contributed by atoms with Crippen LogP contribution in [0.4, 0.5) is 5.69 Å². The molecule has 0 aliphatic carbocycles. The monoisotopic (exact) mass is 454 g/mol. The molecule has 0 aliphatic heterocycles. The summed E-state index contributed by atoms with van der Waals surface area (Å²) < 4.78 is 0.752. The average molecular weight is 455 g/mol. The number of carbonyl (C=O) groups excluding carboxylic acids is 1. The van der Waals surface area contributed by atoms with Gasteiger partial charge in [-0.25, -0.2) is 0 Å². The van der Waals surface area contributed by atoms with E-state index in [0.29, 0.717) is 20.8 Å². The van der Waals surface area contributed by atoms with Crippen LogP contribution in [0.3, 0.4) is 0 Å². The Hall–Kier alpha value is -2.73. The van der Waals surface area contributed by atoms with E-state index in [1.165, 1.54) is 18.0 Å². The summed E-state index contributed by atoms with van der Waals surface area (Å²) in [6, 6.07) is 23.7. The Morgan fingerprint density at radius 2 is 1.60 bits per heavy atom. The summed E-state index contributed by atoms with van der Waals surface area (Å²) in [5, 5.41) is 17.8. The molecule has 1 N–H and O–H groups in total. The van der Waals surface area contributed by atoms with Crippen molar-refractivity contribution >= 4 is 57.3 Å². The zero-order chi connectivity index (χ0) is 21.1. The van der Waals surface area contributed by atoms with Crippen LogP contribution in [-0.4, -0.2) is 5.91 Å². The lowest BCUT2D eigenvalue weighted by Gasteiger charge is -2.17. The van der Waals surface area contributed by atoms with Gasteiger partial charge in [-0.05, 0) is 58.4 Å². The Labute approximate surface area is 188 Å². The molecule has 4 aromatic rings. The number of aromatic nitrogens is 1. The van der Waals surface area contributed by atoms with Crippen LogP contribution in [0, 0.1) is 5.21 Å². The summed E-state index contributed by atoms with van der Waals surface area (Å²) in [7, 11) is 0. The van der Waals surface area contributed by atoms with Gasteiger partial charge in [0.05, 0.1) is 0 Å². The number of fused-ring (bicyclic) bond motifs is 1. The summed E-state index contributed by atoms with van der Waals surface area (Å²) in [5.74, 6) is -0.280. The van der Waals surface area contributed by atoms with Gasteiger partial charge in [0.25, 0.3) is 5.03 Å². The number of amides is 1. The van der Waals surface area contributed by atoms with Crippen molar-refractivity contribution in [3.8, 4) is 0 Å². The maximum absolute atomic E-state index is 13.3. The first-order valence-corrected chi connectivity index (χ1v) is 10.7. The second kappa shape index (κ2) is 8.96. The molecule has 0 aliphatic rings. The van der Waals surface area contributed by atoms with E-state index in [9.17, 15) is 10.0 Å². The number of thioether (sulfide) groups is 1. The summed E-state index contributed by atoms with van der Waals surface area (Å²) in [5.41, 5.74) is 1.28. The normalized spacial score (nSPS) is 11.9. The third-order valence-electron chi connectivity index (χ3n) is 4.47. The third kappa shape index (κ3) is 4.70. The Morgan fingerprint density at radius 3 is 2.33 bits per heavy atom. The lowest BCUT2D eigenvalue weighted by molar-refractivity contribution is -0.645. The molecule has 1 heterocycles. The van der Waals surface area contributed by atoms with Crippen molar-refractivity contribution < 1.29 is 9.52 Å². The van der Waals surface area contributed by atoms with Gasteiger partial charge < -0.3 is 10.5 Å². The van der Waals surface area contributed by atoms with E-state index in [4.69, 9.17) is 23.2 Å². The molecule has 150 valence electrons. The van der Waals surface area contributed by atoms with Gasteiger partial charge in [-0.3, -0.25) is 4.79 Å². The van der Waals surface area contributed by atoms with Crippen molar-refractivity contribution in [3.63, 3.8) is 0 Å². The number of nitrogens with zero attached hydrogens (tertiary/aromatic N) is 1. The van der Waals surface area contributed by atoms with Crippen LogP contribution in [0.5, 0.6) is 0 Å². The van der Waals surface area contributed by atoms with Crippen LogP contribution in [0.2, 0.25) is 10.0 Å². The van der Waals surface area contributed by atoms with Crippen molar-refractivity contribution in [2.45, 2.75) is 10.3 Å². The smallest absolute Gasteiger partial charge is 0.252 e. The summed E-state index contributed by atoms with van der Waals surface area (Å²) in [6.07, 6.45) is 1.41. The van der Waals surface area contributed by atoms with Crippen LogP contribution >= 0.6 is 35.0 Å². The average Bonchev–Trinajstić information content (AvgIpc) is 2.72. The van der Waals surface area contributed by atoms with Gasteiger partial charge in [0.1, 0.15) is 5.25 Å². The molecular weight excluding hydrogens is 439 g/mol. The maximum Gasteiger partial charge on any atom is 0.252 e. The molecule has 1 atom stereocenters. The van der Waals surface area contributed by atoms with Gasteiger partial charge >= 0.3 is 0 Å². The lowest BCUT2D eigenvalue weighted by Crippen LogP contribution is -2.29. The number of nitrogens with one attached hydrogen (secondary N) is 1. The fraction of sp³-hybridized carbons (Fsp3) is 0.0435. The molecule has 3 aromatic carbocycles. The second-order valence-corrected chi connectivity index (χ2v) is 8.61. The highest BCUT2D eigenvalue weighted by atomic mass is 35.5. The molecule has 0 spiro atoms. The zero-order valence-corrected chi connectivity index (χ0v) is 17.9. The molecule has 4 rings (SSSR count). The number of pyridine rings is 1. The van der Waals surface area contributed by atoms with E-state index < -0.39 is 5.25 Å². The van der Waals surface area contributed by atoms with Crippen LogP contribution in [0.1, 0.15) is 10.8 Å². The summed E-state index contributed by atoms with van der Waals surface area (Å²) in [6.45, 7) is 0. The lowest BCUT2D eigenvalue weighted by atomic mass is 10.0. The predicted octanol–water partition coefficient (Wildman–Crippen LogP) is 6.25. The first-order chi connectivity index (χ1) is 14.5. The highest BCUT2D eigenvalue weighted by molar-refractivity contribution is 8.00. The molecule has 1 unspecified atom stereocenters. The molecular formula is C23H16Cl2N2O2S. The summed E-state index contributed by atoms with van der Waals surface area (Å²) in [4.78, 5) is 13.3. The molecule has 4 nitrogen and oxygen atoms in total. The predicted molar refractivity (Wildman–Crippen MR) is 123 cm³/mol. The third-order valence-corrected chi connectivity index (χ3v) is 6.19. The number of anilines is 1. The fourth-order valence-corrected chi connectivity index (χ4v) is 4.64. The van der Waals surface area contributed by atoms with Crippen molar-refractivity contribution in [2.75, 3.05) is 5.32 Å². The number of rotatable bonds is 5. The van der Waals surface area contributed by atoms with Gasteiger partial charge in [-0.1, -0.05) is 59.6 Å². The molecule has 0 fully saturated rings. The van der Waals surface area contributed by atoms with Crippen LogP contribution in [-0.2, 0) is 4.79 Å². The van der Waals surface area contributed by atoms with E-state index in [2.05, 4.69) is 5.32 Å². The van der Waals surface area contributed by atoms with E-state index in [1.54, 1.807) is 36.4 Å². The molecule has 0 saturated carbocycles. The van der Waals surface area contributed by atoms with Gasteiger partial charge in [0.2, 0.25) is 5.91 Å². The topological polar surface area (TPSA) is 56.0 Å². The van der Waals surface area contributed by atoms with Gasteiger partial charge in [0.15, 0.2) is 6.20 Å². The molecule has 0 radical (unpaired) electrons. The van der Waals surface area contributed by atoms with Gasteiger partial charge in [0, 0.05) is 27.9 Å². The van der Waals surface area contributed by atoms with Crippen LogP contribution < -0.4 is 10.0 Å². The molecule has 30 heavy (non-hydrogen) atoms. The number of benzene rings is 3. The minimum absolute atomic E-state index is 0.280. The largest absolute Gasteiger partial charge is 0.618 e. The van der Waals surface area contributed by atoms with Gasteiger partial charge in [-0.2, -0.15) is 4.73 Å². The SMILES string of the molecule is O=C(Nc1cc(Cl)cc(Cl)c1)C(Sc1cccc[n+]1[O-])c1ccc2ccccc2c1. The highest BCUT2D eigenvalue weighted by Crippen LogP contribution is 2.36. The van der Waals surface area contributed by atoms with Crippen molar-refractivity contribution in [3.05, 3.63) is 106 Å². The number of hydrogen-bond acceptors (Lipinski definition) is 3. The summed E-state index contributed by atoms with van der Waals surface area (Å²) >= 11 is 13.3. The van der Waals surface area contributed by atoms with Crippen molar-refractivity contribution in [1.29, 1.82) is 0 Å². The first kappa shape index (κ1) is 20.5. The quantitative estimate of drug-likeness (QED) is 0.220. The van der Waals surface area contributed by atoms with Crippen molar-refractivity contribution in [1.82, 2.24) is 0 Å². The standard InChI is InChI=1S/C23H16Cl2N2O2S/c24-18-12-19(25)14-20(13-18)26-23(28)22(30-21-7-3-4-10-27(21)29)17-9-8-15-5-1-2-6-16(15)11-17/h1-14,22H,(H,26,28). The van der Waals surface area contributed by atoms with Gasteiger partial charge in [-0.15, -0.1) is 0 Å². The molecule has 1 amide bonds. The Kier molecular flexibility index (Phi) is 6.13. The Bertz CT molecular complexity index is 1210. The molecule has 7 heteroatoms. The van der Waals surface area contributed by atoms with Crippen LogP contribution in [0.25, 0.3) is 10.8 Å². The Morgan fingerprint density at radius 1 is 0.900 bits per heavy atom. The maximum atomic E-state index is 13.3. The van der Waals surface area contributed by atoms with E-state index in [1.807, 2.05) is 42.5 Å². The highest BCUT2D eigenvalue weighted by Gasteiger charge is 2.26. The fourth-order valence-electron chi connectivity index (χ4n) is 3.10. The minimum Gasteiger partial charge on any atom is -0.618 e. The zero-order valence-electron chi connectivity index (χ0n) is 15.6. The van der Waals surface area contributed by atoms with Crippen LogP contribution in [0.15, 0.2) is 90.1 Å². The number of hydrogen-bond donors (Lipinski definition) is 1. The van der Waals surface area contributed by atoms with E-state index >= 15 is 0 Å². The molecule has 0 bridgehead atoms. The van der Waals surface area contributed by atoms with E-state index in [-0.39, 0.29) is 5.91 Å². The Balaban J connectivity index is 1.71. The minimum atomic E-state index is -0.657. The number of halogens is 2. The first-order valence-electron chi connectivity index (χ1n) is 9.10. The second-order valence-electron chi connectivity index (χ2n) is 6.62. The number of carbonyl (C=O) groups is 1.